The first-order valence-electron chi connectivity index (χ1n) is 3.76. The van der Waals surface area contributed by atoms with Crippen LogP contribution in [-0.4, -0.2) is 9.55 Å². The zero-order valence-electron chi connectivity index (χ0n) is 7.00. The van der Waals surface area contributed by atoms with Crippen LogP contribution in [-0.2, 0) is 7.05 Å². The van der Waals surface area contributed by atoms with Crippen molar-refractivity contribution in [1.29, 1.82) is 0 Å². The Balaban J connectivity index is 2.87. The van der Waals surface area contributed by atoms with Gasteiger partial charge in [0.05, 0.1) is 4.60 Å². The molecular formula is C9H9BrN2. The fraction of sp³-hybridized carbons (Fsp3) is 0.222. The molecule has 0 atom stereocenters. The van der Waals surface area contributed by atoms with Crippen LogP contribution in [0.2, 0.25) is 0 Å². The van der Waals surface area contributed by atoms with Gasteiger partial charge in [-0.05, 0) is 40.5 Å². The molecule has 3 heteroatoms. The van der Waals surface area contributed by atoms with Crippen molar-refractivity contribution < 1.29 is 0 Å². The van der Waals surface area contributed by atoms with E-state index < -0.39 is 0 Å². The highest BCUT2D eigenvalue weighted by atomic mass is 79.9. The summed E-state index contributed by atoms with van der Waals surface area (Å²) in [6.45, 7) is 2.05. The van der Waals surface area contributed by atoms with Gasteiger partial charge in [-0.2, -0.15) is 0 Å². The zero-order valence-corrected chi connectivity index (χ0v) is 8.59. The lowest BCUT2D eigenvalue weighted by Crippen LogP contribution is -1.89. The number of fused-ring (bicyclic) bond motifs is 1. The van der Waals surface area contributed by atoms with E-state index in [1.165, 1.54) is 10.9 Å². The molecule has 12 heavy (non-hydrogen) atoms. The standard InChI is InChI=1S/C9H9BrN2/c1-6-3-7-4-8(10)12(2)9(7)11-5-6/h3-5H,1-2H3. The van der Waals surface area contributed by atoms with Gasteiger partial charge in [0.1, 0.15) is 5.65 Å². The number of hydrogen-bond acceptors (Lipinski definition) is 1. The predicted molar refractivity (Wildman–Crippen MR) is 53.2 cm³/mol. The molecule has 0 N–H and O–H groups in total. The number of pyridine rings is 1. The molecule has 0 aliphatic heterocycles. The first kappa shape index (κ1) is 7.80. The fourth-order valence-corrected chi connectivity index (χ4v) is 1.71. The summed E-state index contributed by atoms with van der Waals surface area (Å²) >= 11 is 3.46. The van der Waals surface area contributed by atoms with Gasteiger partial charge < -0.3 is 4.57 Å². The minimum absolute atomic E-state index is 1.02. The van der Waals surface area contributed by atoms with E-state index in [0.29, 0.717) is 0 Å². The maximum Gasteiger partial charge on any atom is 0.140 e. The molecular weight excluding hydrogens is 216 g/mol. The van der Waals surface area contributed by atoms with Gasteiger partial charge in [-0.15, -0.1) is 0 Å². The highest BCUT2D eigenvalue weighted by Gasteiger charge is 2.03. The van der Waals surface area contributed by atoms with Crippen LogP contribution in [0.5, 0.6) is 0 Å². The van der Waals surface area contributed by atoms with Gasteiger partial charge in [0.25, 0.3) is 0 Å². The van der Waals surface area contributed by atoms with E-state index in [-0.39, 0.29) is 0 Å². The third-order valence-electron chi connectivity index (χ3n) is 1.94. The monoisotopic (exact) mass is 224 g/mol. The summed E-state index contributed by atoms with van der Waals surface area (Å²) in [5.74, 6) is 0. The Morgan fingerprint density at radius 3 is 2.92 bits per heavy atom. The molecule has 2 nitrogen and oxygen atoms in total. The van der Waals surface area contributed by atoms with Gasteiger partial charge in [-0.25, -0.2) is 4.98 Å². The second-order valence-electron chi connectivity index (χ2n) is 2.95. The van der Waals surface area contributed by atoms with Crippen LogP contribution in [0.15, 0.2) is 22.9 Å². The van der Waals surface area contributed by atoms with E-state index in [1.54, 1.807) is 0 Å². The Labute approximate surface area is 79.3 Å². The number of nitrogens with zero attached hydrogens (tertiary/aromatic N) is 2. The molecule has 62 valence electrons. The van der Waals surface area contributed by atoms with Gasteiger partial charge >= 0.3 is 0 Å². The number of halogens is 1. The average molecular weight is 225 g/mol. The van der Waals surface area contributed by atoms with E-state index in [2.05, 4.69) is 33.0 Å². The summed E-state index contributed by atoms with van der Waals surface area (Å²) in [6, 6.07) is 4.21. The molecule has 2 aromatic heterocycles. The van der Waals surface area contributed by atoms with Crippen molar-refractivity contribution in [3.8, 4) is 0 Å². The molecule has 0 spiro atoms. The van der Waals surface area contributed by atoms with Gasteiger partial charge in [-0.1, -0.05) is 0 Å². The van der Waals surface area contributed by atoms with Crippen molar-refractivity contribution in [2.75, 3.05) is 0 Å². The van der Waals surface area contributed by atoms with Crippen LogP contribution in [0.1, 0.15) is 5.56 Å². The van der Waals surface area contributed by atoms with E-state index in [0.717, 1.165) is 10.3 Å². The SMILES string of the molecule is Cc1cnc2c(c1)cc(Br)n2C. The molecule has 0 aliphatic rings. The fourth-order valence-electron chi connectivity index (χ4n) is 1.30. The smallest absolute Gasteiger partial charge is 0.140 e. The van der Waals surface area contributed by atoms with Gasteiger partial charge in [0.15, 0.2) is 0 Å². The second kappa shape index (κ2) is 2.59. The first-order chi connectivity index (χ1) is 5.68. The molecule has 0 saturated heterocycles. The molecule has 0 saturated carbocycles. The average Bonchev–Trinajstić information content (AvgIpc) is 2.28. The van der Waals surface area contributed by atoms with Gasteiger partial charge in [-0.3, -0.25) is 0 Å². The van der Waals surface area contributed by atoms with Gasteiger partial charge in [0, 0.05) is 18.6 Å². The summed E-state index contributed by atoms with van der Waals surface area (Å²) in [6.07, 6.45) is 1.88. The lowest BCUT2D eigenvalue weighted by Gasteiger charge is -1.96. The van der Waals surface area contributed by atoms with E-state index >= 15 is 0 Å². The maximum absolute atomic E-state index is 4.33. The van der Waals surface area contributed by atoms with Crippen LogP contribution in [0.4, 0.5) is 0 Å². The van der Waals surface area contributed by atoms with Crippen molar-refractivity contribution >= 4 is 27.0 Å². The summed E-state index contributed by atoms with van der Waals surface area (Å²) in [5.41, 5.74) is 2.22. The van der Waals surface area contributed by atoms with Crippen molar-refractivity contribution in [2.24, 2.45) is 7.05 Å². The molecule has 0 unspecified atom stereocenters. The van der Waals surface area contributed by atoms with Crippen molar-refractivity contribution in [3.05, 3.63) is 28.5 Å². The first-order valence-corrected chi connectivity index (χ1v) is 4.55. The topological polar surface area (TPSA) is 17.8 Å². The molecule has 2 aromatic rings. The Hall–Kier alpha value is -0.830. The van der Waals surface area contributed by atoms with Crippen LogP contribution in [0.25, 0.3) is 11.0 Å². The molecule has 2 heterocycles. The van der Waals surface area contributed by atoms with Crippen molar-refractivity contribution in [1.82, 2.24) is 9.55 Å². The van der Waals surface area contributed by atoms with Crippen LogP contribution >= 0.6 is 15.9 Å². The van der Waals surface area contributed by atoms with Crippen molar-refractivity contribution in [2.45, 2.75) is 6.92 Å². The van der Waals surface area contributed by atoms with E-state index in [1.807, 2.05) is 24.7 Å². The molecule has 0 aliphatic carbocycles. The largest absolute Gasteiger partial charge is 0.323 e. The minimum Gasteiger partial charge on any atom is -0.323 e. The second-order valence-corrected chi connectivity index (χ2v) is 3.76. The lowest BCUT2D eigenvalue weighted by molar-refractivity contribution is 0.922. The van der Waals surface area contributed by atoms with Crippen LogP contribution in [0.3, 0.4) is 0 Å². The Bertz CT molecular complexity index is 431. The molecule has 2 rings (SSSR count). The maximum atomic E-state index is 4.33. The predicted octanol–water partition coefficient (Wildman–Crippen LogP) is 2.64. The quantitative estimate of drug-likeness (QED) is 0.673. The molecule has 0 amide bonds. The highest BCUT2D eigenvalue weighted by Crippen LogP contribution is 2.21. The normalized spacial score (nSPS) is 10.9. The Kier molecular flexibility index (Phi) is 1.68. The zero-order chi connectivity index (χ0) is 8.72. The number of aryl methyl sites for hydroxylation is 2. The number of aromatic nitrogens is 2. The van der Waals surface area contributed by atoms with Gasteiger partial charge in [0.2, 0.25) is 0 Å². The Morgan fingerprint density at radius 1 is 1.42 bits per heavy atom. The molecule has 0 fully saturated rings. The lowest BCUT2D eigenvalue weighted by atomic mass is 10.2. The summed E-state index contributed by atoms with van der Waals surface area (Å²) < 4.78 is 3.09. The Morgan fingerprint density at radius 2 is 2.17 bits per heavy atom. The van der Waals surface area contributed by atoms with Crippen LogP contribution < -0.4 is 0 Å². The molecule has 0 radical (unpaired) electrons. The van der Waals surface area contributed by atoms with Crippen molar-refractivity contribution in [3.63, 3.8) is 0 Å². The summed E-state index contributed by atoms with van der Waals surface area (Å²) in [7, 11) is 1.99. The summed E-state index contributed by atoms with van der Waals surface area (Å²) in [4.78, 5) is 4.33. The van der Waals surface area contributed by atoms with E-state index in [4.69, 9.17) is 0 Å². The molecule has 0 aromatic carbocycles. The number of rotatable bonds is 0. The number of hydrogen-bond donors (Lipinski definition) is 0. The third-order valence-corrected chi connectivity index (χ3v) is 2.71. The van der Waals surface area contributed by atoms with Crippen LogP contribution in [0, 0.1) is 6.92 Å². The molecule has 0 bridgehead atoms. The highest BCUT2D eigenvalue weighted by molar-refractivity contribution is 9.10. The minimum atomic E-state index is 1.02. The third kappa shape index (κ3) is 1.05. The van der Waals surface area contributed by atoms with E-state index in [9.17, 15) is 0 Å². The summed E-state index contributed by atoms with van der Waals surface area (Å²) in [5, 5.41) is 1.18.